The molecule has 3 rings (SSSR count). The van der Waals surface area contributed by atoms with Crippen LogP contribution in [0.1, 0.15) is 26.6 Å². The number of hydrogen-bond donors (Lipinski definition) is 2. The van der Waals surface area contributed by atoms with E-state index in [9.17, 15) is 22.8 Å². The first-order chi connectivity index (χ1) is 16.7. The second kappa shape index (κ2) is 12.0. The molecule has 0 aliphatic heterocycles. The number of nitrogens with one attached hydrogen (secondary N) is 2. The van der Waals surface area contributed by atoms with Crippen molar-refractivity contribution in [2.45, 2.75) is 19.3 Å². The predicted molar refractivity (Wildman–Crippen MR) is 127 cm³/mol. The number of nitrogens with zero attached hydrogens (tertiary/aromatic N) is 2. The highest BCUT2D eigenvalue weighted by molar-refractivity contribution is 7.09. The molecule has 0 bridgehead atoms. The molecule has 0 radical (unpaired) electrons. The number of carbonyl (C=O) groups is 2. The molecule has 2 aromatic carbocycles. The summed E-state index contributed by atoms with van der Waals surface area (Å²) < 4.78 is 43.7. The number of methoxy groups -OCH3 is 1. The molecule has 0 unspecified atom stereocenters. The number of aromatic nitrogens is 1. The summed E-state index contributed by atoms with van der Waals surface area (Å²) in [6.45, 7) is 0.608. The monoisotopic (exact) mass is 526 g/mol. The first-order valence-corrected chi connectivity index (χ1v) is 11.6. The summed E-state index contributed by atoms with van der Waals surface area (Å²) in [6.07, 6.45) is -4.46. The van der Waals surface area contributed by atoms with Crippen LogP contribution in [0.5, 0.6) is 0 Å². The summed E-state index contributed by atoms with van der Waals surface area (Å²) in [5.41, 5.74) is 0.164. The largest absolute Gasteiger partial charge is 0.416 e. The van der Waals surface area contributed by atoms with Crippen LogP contribution in [0.3, 0.4) is 0 Å². The fraction of sp³-hybridized carbons (Fsp3) is 0.261. The summed E-state index contributed by atoms with van der Waals surface area (Å²) in [5.74, 6) is -0.531. The van der Waals surface area contributed by atoms with Gasteiger partial charge in [0.05, 0.1) is 18.7 Å². The lowest BCUT2D eigenvalue weighted by Crippen LogP contribution is -2.36. The zero-order valence-electron chi connectivity index (χ0n) is 18.6. The molecule has 1 heterocycles. The number of urea groups is 1. The van der Waals surface area contributed by atoms with Crippen LogP contribution in [-0.2, 0) is 24.0 Å². The maximum atomic E-state index is 12.9. The van der Waals surface area contributed by atoms with Gasteiger partial charge in [0, 0.05) is 36.3 Å². The third kappa shape index (κ3) is 7.94. The molecular weight excluding hydrogens is 505 g/mol. The molecule has 12 heteroatoms. The van der Waals surface area contributed by atoms with Crippen LogP contribution in [0, 0.1) is 0 Å². The van der Waals surface area contributed by atoms with Gasteiger partial charge in [-0.15, -0.1) is 11.3 Å². The molecular formula is C23H22ClF3N4O3S. The smallest absolute Gasteiger partial charge is 0.383 e. The standard InChI is InChI=1S/C23H22ClF3N4O3S/c1-34-9-8-31(22(33)29-18-7-3-6-17(24)11-18)13-20-30-19(14-35-20)21(32)28-12-15-4-2-5-16(10-15)23(25,26)27/h2-7,10-11,14H,8-9,12-13H2,1H3,(H,28,32)(H,29,33). The van der Waals surface area contributed by atoms with Gasteiger partial charge in [-0.1, -0.05) is 29.8 Å². The van der Waals surface area contributed by atoms with Crippen molar-refractivity contribution in [3.05, 3.63) is 80.8 Å². The van der Waals surface area contributed by atoms with Crippen molar-refractivity contribution < 1.29 is 27.5 Å². The molecule has 0 aliphatic rings. The Morgan fingerprint density at radius 2 is 1.94 bits per heavy atom. The van der Waals surface area contributed by atoms with Crippen LogP contribution in [0.25, 0.3) is 0 Å². The first-order valence-electron chi connectivity index (χ1n) is 10.3. The number of amides is 3. The molecule has 0 spiro atoms. The number of ether oxygens (including phenoxy) is 1. The topological polar surface area (TPSA) is 83.6 Å². The SMILES string of the molecule is COCCN(Cc1nc(C(=O)NCc2cccc(C(F)(F)F)c2)cs1)C(=O)Nc1cccc(Cl)c1. The minimum atomic E-state index is -4.46. The van der Waals surface area contributed by atoms with Crippen LogP contribution in [0.2, 0.25) is 5.02 Å². The number of rotatable bonds is 9. The Morgan fingerprint density at radius 1 is 1.17 bits per heavy atom. The molecule has 2 N–H and O–H groups in total. The molecule has 0 saturated carbocycles. The molecule has 0 saturated heterocycles. The van der Waals surface area contributed by atoms with Gasteiger partial charge in [-0.25, -0.2) is 9.78 Å². The van der Waals surface area contributed by atoms with E-state index in [1.807, 2.05) is 0 Å². The van der Waals surface area contributed by atoms with Gasteiger partial charge >= 0.3 is 12.2 Å². The lowest BCUT2D eigenvalue weighted by atomic mass is 10.1. The highest BCUT2D eigenvalue weighted by Gasteiger charge is 2.30. The maximum Gasteiger partial charge on any atom is 0.416 e. The normalized spacial score (nSPS) is 11.2. The Labute approximate surface area is 208 Å². The number of anilines is 1. The van der Waals surface area contributed by atoms with Gasteiger partial charge in [-0.3, -0.25) is 4.79 Å². The average molecular weight is 527 g/mol. The van der Waals surface area contributed by atoms with Crippen LogP contribution >= 0.6 is 22.9 Å². The van der Waals surface area contributed by atoms with Crippen molar-refractivity contribution in [2.75, 3.05) is 25.6 Å². The first kappa shape index (κ1) is 26.5. The molecule has 1 aromatic heterocycles. The van der Waals surface area contributed by atoms with Gasteiger partial charge in [0.2, 0.25) is 0 Å². The van der Waals surface area contributed by atoms with Crippen molar-refractivity contribution in [2.24, 2.45) is 0 Å². The Bertz CT molecular complexity index is 1170. The summed E-state index contributed by atoms with van der Waals surface area (Å²) in [4.78, 5) is 31.0. The Balaban J connectivity index is 1.62. The van der Waals surface area contributed by atoms with Gasteiger partial charge in [0.1, 0.15) is 10.7 Å². The lowest BCUT2D eigenvalue weighted by Gasteiger charge is -2.21. The molecule has 7 nitrogen and oxygen atoms in total. The van der Waals surface area contributed by atoms with E-state index < -0.39 is 23.7 Å². The Kier molecular flexibility index (Phi) is 9.07. The fourth-order valence-electron chi connectivity index (χ4n) is 3.00. The number of alkyl halides is 3. The molecule has 0 atom stereocenters. The molecule has 0 fully saturated rings. The highest BCUT2D eigenvalue weighted by Crippen LogP contribution is 2.29. The lowest BCUT2D eigenvalue weighted by molar-refractivity contribution is -0.137. The van der Waals surface area contributed by atoms with E-state index in [1.54, 1.807) is 24.3 Å². The minimum absolute atomic E-state index is 0.0857. The summed E-state index contributed by atoms with van der Waals surface area (Å²) in [7, 11) is 1.52. The third-order valence-corrected chi connectivity index (χ3v) is 5.81. The highest BCUT2D eigenvalue weighted by atomic mass is 35.5. The van der Waals surface area contributed by atoms with E-state index in [0.717, 1.165) is 12.1 Å². The van der Waals surface area contributed by atoms with E-state index >= 15 is 0 Å². The number of carbonyl (C=O) groups excluding carboxylic acids is 2. The van der Waals surface area contributed by atoms with Crippen LogP contribution in [0.4, 0.5) is 23.7 Å². The number of thiazole rings is 1. The van der Waals surface area contributed by atoms with Gasteiger partial charge in [0.15, 0.2) is 0 Å². The van der Waals surface area contributed by atoms with Gasteiger partial charge < -0.3 is 20.3 Å². The molecule has 3 aromatic rings. The maximum absolute atomic E-state index is 12.9. The summed E-state index contributed by atoms with van der Waals surface area (Å²) in [5, 5.41) is 7.84. The third-order valence-electron chi connectivity index (χ3n) is 4.75. The van der Waals surface area contributed by atoms with Crippen molar-refractivity contribution in [3.63, 3.8) is 0 Å². The van der Waals surface area contributed by atoms with E-state index in [2.05, 4.69) is 15.6 Å². The summed E-state index contributed by atoms with van der Waals surface area (Å²) in [6, 6.07) is 11.1. The Hall–Kier alpha value is -3.15. The predicted octanol–water partition coefficient (Wildman–Crippen LogP) is 5.43. The zero-order chi connectivity index (χ0) is 25.4. The average Bonchev–Trinajstić information content (AvgIpc) is 3.28. The van der Waals surface area contributed by atoms with Gasteiger partial charge in [-0.05, 0) is 35.9 Å². The Morgan fingerprint density at radius 3 is 2.66 bits per heavy atom. The zero-order valence-corrected chi connectivity index (χ0v) is 20.1. The number of halogens is 4. The quantitative estimate of drug-likeness (QED) is 0.390. The van der Waals surface area contributed by atoms with Crippen LogP contribution < -0.4 is 10.6 Å². The van der Waals surface area contributed by atoms with E-state index in [1.165, 1.54) is 40.9 Å². The molecule has 35 heavy (non-hydrogen) atoms. The molecule has 186 valence electrons. The number of hydrogen-bond acceptors (Lipinski definition) is 5. The molecule has 0 aliphatic carbocycles. The van der Waals surface area contributed by atoms with Crippen molar-refractivity contribution in [1.29, 1.82) is 0 Å². The fourth-order valence-corrected chi connectivity index (χ4v) is 3.98. The van der Waals surface area contributed by atoms with Gasteiger partial charge in [-0.2, -0.15) is 13.2 Å². The van der Waals surface area contributed by atoms with Gasteiger partial charge in [0.25, 0.3) is 5.91 Å². The van der Waals surface area contributed by atoms with Crippen molar-refractivity contribution in [3.8, 4) is 0 Å². The second-order valence-electron chi connectivity index (χ2n) is 7.36. The summed E-state index contributed by atoms with van der Waals surface area (Å²) >= 11 is 7.15. The van der Waals surface area contributed by atoms with Crippen LogP contribution in [0.15, 0.2) is 53.9 Å². The number of benzene rings is 2. The minimum Gasteiger partial charge on any atom is -0.383 e. The molecule has 3 amide bonds. The van der Waals surface area contributed by atoms with Crippen molar-refractivity contribution >= 4 is 40.6 Å². The van der Waals surface area contributed by atoms with Crippen LogP contribution in [-0.4, -0.2) is 42.1 Å². The second-order valence-corrected chi connectivity index (χ2v) is 8.74. The van der Waals surface area contributed by atoms with E-state index in [0.29, 0.717) is 27.9 Å². The van der Waals surface area contributed by atoms with E-state index in [4.69, 9.17) is 16.3 Å². The van der Waals surface area contributed by atoms with E-state index in [-0.39, 0.29) is 25.3 Å². The van der Waals surface area contributed by atoms with Crippen molar-refractivity contribution in [1.82, 2.24) is 15.2 Å².